The van der Waals surface area contributed by atoms with Crippen LogP contribution < -0.4 is 9.64 Å². The monoisotopic (exact) mass is 494 g/mol. The number of carbonyl (C=O) groups excluding carboxylic acids is 1. The SMILES string of the molecule is Cc1ccc(C)c2sc(N(CCCn3ccnc3)C(=O)C3c4ccccc4Oc4ccccc43)nc12. The first kappa shape index (κ1) is 22.5. The van der Waals surface area contributed by atoms with Crippen LogP contribution in [0.2, 0.25) is 0 Å². The predicted molar refractivity (Wildman–Crippen MR) is 143 cm³/mol. The van der Waals surface area contributed by atoms with Crippen molar-refractivity contribution in [1.82, 2.24) is 14.5 Å². The first-order valence-electron chi connectivity index (χ1n) is 12.1. The summed E-state index contributed by atoms with van der Waals surface area (Å²) in [5.41, 5.74) is 5.02. The molecule has 0 radical (unpaired) electrons. The number of hydrogen-bond donors (Lipinski definition) is 0. The van der Waals surface area contributed by atoms with E-state index in [1.807, 2.05) is 70.5 Å². The highest BCUT2D eigenvalue weighted by Gasteiger charge is 2.36. The van der Waals surface area contributed by atoms with E-state index >= 15 is 0 Å². The van der Waals surface area contributed by atoms with Gasteiger partial charge < -0.3 is 9.30 Å². The van der Waals surface area contributed by atoms with Crippen LogP contribution in [-0.4, -0.2) is 27.0 Å². The lowest BCUT2D eigenvalue weighted by molar-refractivity contribution is -0.119. The van der Waals surface area contributed by atoms with E-state index in [1.165, 1.54) is 5.56 Å². The summed E-state index contributed by atoms with van der Waals surface area (Å²) in [5, 5.41) is 0.736. The van der Waals surface area contributed by atoms with Gasteiger partial charge in [-0.25, -0.2) is 9.97 Å². The zero-order valence-electron chi connectivity index (χ0n) is 20.2. The van der Waals surface area contributed by atoms with Crippen LogP contribution in [0, 0.1) is 13.8 Å². The maximum Gasteiger partial charge on any atom is 0.241 e. The highest BCUT2D eigenvalue weighted by molar-refractivity contribution is 7.22. The van der Waals surface area contributed by atoms with Crippen LogP contribution in [0.4, 0.5) is 5.13 Å². The molecule has 3 heterocycles. The van der Waals surface area contributed by atoms with Gasteiger partial charge in [-0.15, -0.1) is 0 Å². The quantitative estimate of drug-likeness (QED) is 0.271. The first-order chi connectivity index (χ1) is 17.6. The summed E-state index contributed by atoms with van der Waals surface area (Å²) in [5.74, 6) is 1.000. The summed E-state index contributed by atoms with van der Waals surface area (Å²) in [6.07, 6.45) is 6.31. The molecule has 1 amide bonds. The van der Waals surface area contributed by atoms with Crippen LogP contribution in [0.5, 0.6) is 11.5 Å². The summed E-state index contributed by atoms with van der Waals surface area (Å²) >= 11 is 1.59. The van der Waals surface area contributed by atoms with Crippen LogP contribution in [0.3, 0.4) is 0 Å². The topological polar surface area (TPSA) is 60.2 Å². The second-order valence-corrected chi connectivity index (χ2v) is 10.1. The average molecular weight is 495 g/mol. The summed E-state index contributed by atoms with van der Waals surface area (Å²) < 4.78 is 9.32. The van der Waals surface area contributed by atoms with Crippen LogP contribution in [0.15, 0.2) is 79.4 Å². The van der Waals surface area contributed by atoms with E-state index in [0.29, 0.717) is 6.54 Å². The van der Waals surface area contributed by atoms with E-state index in [9.17, 15) is 4.79 Å². The van der Waals surface area contributed by atoms with Crippen molar-refractivity contribution in [2.24, 2.45) is 0 Å². The normalized spacial score (nSPS) is 12.7. The first-order valence-corrected chi connectivity index (χ1v) is 12.9. The Labute approximate surface area is 213 Å². The van der Waals surface area contributed by atoms with Gasteiger partial charge in [-0.2, -0.15) is 0 Å². The fourth-order valence-corrected chi connectivity index (χ4v) is 5.97. The number of para-hydroxylation sites is 2. The van der Waals surface area contributed by atoms with Crippen molar-refractivity contribution in [3.8, 4) is 11.5 Å². The average Bonchev–Trinajstić information content (AvgIpc) is 3.58. The zero-order valence-corrected chi connectivity index (χ0v) is 21.0. The Morgan fingerprint density at radius 1 is 1.00 bits per heavy atom. The third-order valence-electron chi connectivity index (χ3n) is 6.71. The lowest BCUT2D eigenvalue weighted by Gasteiger charge is -2.31. The van der Waals surface area contributed by atoms with Crippen molar-refractivity contribution in [2.45, 2.75) is 32.7 Å². The van der Waals surface area contributed by atoms with Gasteiger partial charge in [-0.3, -0.25) is 9.69 Å². The number of aryl methyl sites for hydroxylation is 3. The Bertz CT molecular complexity index is 1470. The molecule has 180 valence electrons. The molecule has 5 aromatic rings. The third-order valence-corrected chi connectivity index (χ3v) is 7.93. The molecule has 0 saturated carbocycles. The number of aromatic nitrogens is 3. The van der Waals surface area contributed by atoms with Gasteiger partial charge >= 0.3 is 0 Å². The van der Waals surface area contributed by atoms with Gasteiger partial charge in [0.2, 0.25) is 5.91 Å². The van der Waals surface area contributed by atoms with Gasteiger partial charge in [-0.05, 0) is 43.5 Å². The minimum Gasteiger partial charge on any atom is -0.457 e. The fourth-order valence-electron chi connectivity index (χ4n) is 4.83. The predicted octanol–water partition coefficient (Wildman–Crippen LogP) is 6.47. The van der Waals surface area contributed by atoms with Crippen molar-refractivity contribution in [2.75, 3.05) is 11.4 Å². The van der Waals surface area contributed by atoms with Crippen LogP contribution >= 0.6 is 11.3 Å². The van der Waals surface area contributed by atoms with E-state index in [0.717, 1.165) is 56.5 Å². The smallest absolute Gasteiger partial charge is 0.241 e. The van der Waals surface area contributed by atoms with E-state index < -0.39 is 5.92 Å². The van der Waals surface area contributed by atoms with Gasteiger partial charge in [0.25, 0.3) is 0 Å². The Kier molecular flexibility index (Phi) is 5.77. The number of amides is 1. The number of nitrogens with zero attached hydrogens (tertiary/aromatic N) is 4. The molecular weight excluding hydrogens is 468 g/mol. The van der Waals surface area contributed by atoms with E-state index in [-0.39, 0.29) is 5.91 Å². The molecule has 0 saturated heterocycles. The number of thiazole rings is 1. The molecule has 2 aromatic heterocycles. The Balaban J connectivity index is 1.43. The number of benzene rings is 3. The van der Waals surface area contributed by atoms with Crippen molar-refractivity contribution < 1.29 is 9.53 Å². The lowest BCUT2D eigenvalue weighted by Crippen LogP contribution is -2.37. The fraction of sp³-hybridized carbons (Fsp3) is 0.207. The van der Waals surface area contributed by atoms with Crippen LogP contribution in [0.1, 0.15) is 34.6 Å². The van der Waals surface area contributed by atoms with Gasteiger partial charge in [0.05, 0.1) is 22.5 Å². The number of anilines is 1. The summed E-state index contributed by atoms with van der Waals surface area (Å²) in [6, 6.07) is 19.9. The molecule has 36 heavy (non-hydrogen) atoms. The number of hydrogen-bond acceptors (Lipinski definition) is 5. The highest BCUT2D eigenvalue weighted by atomic mass is 32.1. The Morgan fingerprint density at radius 2 is 1.69 bits per heavy atom. The number of ether oxygens (including phenoxy) is 1. The van der Waals surface area contributed by atoms with Crippen molar-refractivity contribution in [1.29, 1.82) is 0 Å². The third kappa shape index (κ3) is 3.95. The molecule has 7 heteroatoms. The number of imidazole rings is 1. The number of fused-ring (bicyclic) bond motifs is 3. The molecule has 0 aliphatic carbocycles. The number of rotatable bonds is 6. The summed E-state index contributed by atoms with van der Waals surface area (Å²) in [7, 11) is 0. The van der Waals surface area contributed by atoms with Crippen molar-refractivity contribution in [3.63, 3.8) is 0 Å². The van der Waals surface area contributed by atoms with Gasteiger partial charge in [0.15, 0.2) is 5.13 Å². The molecule has 6 nitrogen and oxygen atoms in total. The van der Waals surface area contributed by atoms with Gasteiger partial charge in [-0.1, -0.05) is 59.9 Å². The molecule has 0 spiro atoms. The van der Waals surface area contributed by atoms with Crippen LogP contribution in [-0.2, 0) is 11.3 Å². The minimum atomic E-state index is -0.464. The molecule has 6 rings (SSSR count). The largest absolute Gasteiger partial charge is 0.457 e. The second-order valence-electron chi connectivity index (χ2n) is 9.13. The van der Waals surface area contributed by atoms with Crippen LogP contribution in [0.25, 0.3) is 10.2 Å². The minimum absolute atomic E-state index is 0.0122. The van der Waals surface area contributed by atoms with Crippen molar-refractivity contribution >= 4 is 32.6 Å². The summed E-state index contributed by atoms with van der Waals surface area (Å²) in [6.45, 7) is 5.49. The maximum atomic E-state index is 14.5. The van der Waals surface area contributed by atoms with E-state index in [2.05, 4.69) is 31.0 Å². The van der Waals surface area contributed by atoms with Gasteiger partial charge in [0.1, 0.15) is 11.5 Å². The molecule has 1 aliphatic rings. The van der Waals surface area contributed by atoms with E-state index in [4.69, 9.17) is 9.72 Å². The van der Waals surface area contributed by atoms with Gasteiger partial charge in [0, 0.05) is 36.6 Å². The Hall–Kier alpha value is -3.97. The molecule has 0 atom stereocenters. The maximum absolute atomic E-state index is 14.5. The molecule has 1 aliphatic heterocycles. The zero-order chi connectivity index (χ0) is 24.6. The molecule has 0 unspecified atom stereocenters. The summed E-state index contributed by atoms with van der Waals surface area (Å²) in [4.78, 5) is 25.5. The number of carbonyl (C=O) groups is 1. The highest BCUT2D eigenvalue weighted by Crippen LogP contribution is 2.45. The lowest BCUT2D eigenvalue weighted by atomic mass is 9.87. The van der Waals surface area contributed by atoms with Crippen molar-refractivity contribution in [3.05, 3.63) is 102 Å². The molecule has 0 bridgehead atoms. The molecular formula is C29H26N4O2S. The molecule has 3 aromatic carbocycles. The second kappa shape index (κ2) is 9.24. The molecule has 0 N–H and O–H groups in total. The Morgan fingerprint density at radius 3 is 2.36 bits per heavy atom. The standard InChI is InChI=1S/C29H26N4O2S/c1-19-12-13-20(2)27-26(19)31-29(36-27)33(16-7-15-32-17-14-30-18-32)28(34)25-21-8-3-5-10-23(21)35-24-11-6-4-9-22(24)25/h3-6,8-14,17-18,25H,7,15-16H2,1-2H3. The molecule has 0 fully saturated rings. The van der Waals surface area contributed by atoms with E-state index in [1.54, 1.807) is 17.5 Å².